The first kappa shape index (κ1) is 11.9. The fraction of sp³-hybridized carbons (Fsp3) is 1.00. The number of hydrogen-bond donors (Lipinski definition) is 0. The topological polar surface area (TPSA) is 0 Å². The van der Waals surface area contributed by atoms with E-state index < -0.39 is 0 Å². The van der Waals surface area contributed by atoms with E-state index in [-0.39, 0.29) is 0 Å². The van der Waals surface area contributed by atoms with E-state index in [1.54, 1.807) is 0 Å². The van der Waals surface area contributed by atoms with Gasteiger partial charge < -0.3 is 8.97 Å². The molecule has 2 atom stereocenters. The Bertz CT molecular complexity index is 121. The molecule has 2 unspecified atom stereocenters. The second-order valence-electron chi connectivity index (χ2n) is 5.71. The van der Waals surface area contributed by atoms with Gasteiger partial charge in [-0.1, -0.05) is 0 Å². The minimum atomic E-state index is 0.685. The zero-order chi connectivity index (χ0) is 10.2. The van der Waals surface area contributed by atoms with Gasteiger partial charge in [0.25, 0.3) is 0 Å². The SMILES string of the molecule is CC(C(C)[N+](C)(C)C)[N+](C)(C)C. The molecule has 0 aromatic rings. The van der Waals surface area contributed by atoms with E-state index in [0.717, 1.165) is 8.97 Å². The highest BCUT2D eigenvalue weighted by Crippen LogP contribution is 2.14. The van der Waals surface area contributed by atoms with E-state index in [1.807, 2.05) is 0 Å². The standard InChI is InChI=1S/C10H26N2/c1-9(11(3,4)5)10(2)12(6,7)8/h9-10H,1-8H3/q+2. The molecule has 0 aliphatic rings. The van der Waals surface area contributed by atoms with Crippen molar-refractivity contribution in [2.75, 3.05) is 42.3 Å². The zero-order valence-corrected chi connectivity index (χ0v) is 10.0. The predicted molar refractivity (Wildman–Crippen MR) is 55.0 cm³/mol. The first-order chi connectivity index (χ1) is 5.07. The molecule has 0 spiro atoms. The van der Waals surface area contributed by atoms with Crippen LogP contribution in [-0.2, 0) is 0 Å². The molecule has 0 aliphatic carbocycles. The Morgan fingerprint density at radius 2 is 0.750 bits per heavy atom. The lowest BCUT2D eigenvalue weighted by Gasteiger charge is -2.41. The maximum absolute atomic E-state index is 2.33. The monoisotopic (exact) mass is 174 g/mol. The number of nitrogens with zero attached hydrogens (tertiary/aromatic N) is 2. The molecule has 0 N–H and O–H groups in total. The fourth-order valence-electron chi connectivity index (χ4n) is 1.29. The summed E-state index contributed by atoms with van der Waals surface area (Å²) in [5.41, 5.74) is 0. The summed E-state index contributed by atoms with van der Waals surface area (Å²) in [6, 6.07) is 1.37. The Morgan fingerprint density at radius 1 is 0.583 bits per heavy atom. The van der Waals surface area contributed by atoms with Crippen molar-refractivity contribution in [2.24, 2.45) is 0 Å². The second-order valence-corrected chi connectivity index (χ2v) is 5.71. The maximum Gasteiger partial charge on any atom is 0.138 e. The van der Waals surface area contributed by atoms with Gasteiger partial charge in [-0.05, 0) is 13.8 Å². The molecular weight excluding hydrogens is 148 g/mol. The maximum atomic E-state index is 2.33. The van der Waals surface area contributed by atoms with Crippen molar-refractivity contribution in [1.82, 2.24) is 0 Å². The summed E-state index contributed by atoms with van der Waals surface area (Å²) in [6.45, 7) is 4.66. The van der Waals surface area contributed by atoms with Crippen LogP contribution in [0.15, 0.2) is 0 Å². The van der Waals surface area contributed by atoms with Gasteiger partial charge in [-0.3, -0.25) is 0 Å². The van der Waals surface area contributed by atoms with Crippen molar-refractivity contribution in [3.63, 3.8) is 0 Å². The third-order valence-electron chi connectivity index (χ3n) is 3.14. The average Bonchev–Trinajstić information content (AvgIpc) is 1.80. The van der Waals surface area contributed by atoms with Gasteiger partial charge in [-0.2, -0.15) is 0 Å². The van der Waals surface area contributed by atoms with E-state index >= 15 is 0 Å². The van der Waals surface area contributed by atoms with E-state index in [4.69, 9.17) is 0 Å². The van der Waals surface area contributed by atoms with Crippen molar-refractivity contribution in [3.8, 4) is 0 Å². The van der Waals surface area contributed by atoms with E-state index in [2.05, 4.69) is 56.1 Å². The van der Waals surface area contributed by atoms with Gasteiger partial charge in [0.2, 0.25) is 0 Å². The van der Waals surface area contributed by atoms with Crippen LogP contribution >= 0.6 is 0 Å². The van der Waals surface area contributed by atoms with Gasteiger partial charge >= 0.3 is 0 Å². The molecule has 0 bridgehead atoms. The molecule has 0 aromatic heterocycles. The number of likely N-dealkylation sites (N-methyl/N-ethyl adjacent to an activating group) is 2. The third kappa shape index (κ3) is 3.11. The Morgan fingerprint density at radius 3 is 0.833 bits per heavy atom. The van der Waals surface area contributed by atoms with Gasteiger partial charge in [-0.25, -0.2) is 0 Å². The first-order valence-electron chi connectivity index (χ1n) is 4.69. The lowest BCUT2D eigenvalue weighted by atomic mass is 10.1. The zero-order valence-electron chi connectivity index (χ0n) is 10.0. The van der Waals surface area contributed by atoms with Crippen LogP contribution in [0.2, 0.25) is 0 Å². The molecular formula is C10H26N2+2. The second kappa shape index (κ2) is 3.35. The fourth-order valence-corrected chi connectivity index (χ4v) is 1.29. The normalized spacial score (nSPS) is 19.0. The Balaban J connectivity index is 4.41. The first-order valence-corrected chi connectivity index (χ1v) is 4.69. The van der Waals surface area contributed by atoms with E-state index in [1.165, 1.54) is 0 Å². The lowest BCUT2D eigenvalue weighted by Crippen LogP contribution is -2.58. The van der Waals surface area contributed by atoms with Gasteiger partial charge in [0, 0.05) is 0 Å². The third-order valence-corrected chi connectivity index (χ3v) is 3.14. The summed E-state index contributed by atoms with van der Waals surface area (Å²) in [6.07, 6.45) is 0. The number of rotatable bonds is 3. The highest BCUT2D eigenvalue weighted by atomic mass is 15.4. The Kier molecular flexibility index (Phi) is 3.32. The van der Waals surface area contributed by atoms with Gasteiger partial charge in [0.15, 0.2) is 0 Å². The molecule has 2 nitrogen and oxygen atoms in total. The van der Waals surface area contributed by atoms with Gasteiger partial charge in [0.05, 0.1) is 42.3 Å². The van der Waals surface area contributed by atoms with Crippen LogP contribution in [0.1, 0.15) is 13.8 Å². The van der Waals surface area contributed by atoms with E-state index in [9.17, 15) is 0 Å². The smallest absolute Gasteiger partial charge is 0.138 e. The lowest BCUT2D eigenvalue weighted by molar-refractivity contribution is -0.962. The van der Waals surface area contributed by atoms with Crippen LogP contribution in [0, 0.1) is 0 Å². The average molecular weight is 174 g/mol. The molecule has 0 aliphatic heterocycles. The summed E-state index contributed by atoms with van der Waals surface area (Å²) >= 11 is 0. The highest BCUT2D eigenvalue weighted by molar-refractivity contribution is 4.59. The number of hydrogen-bond acceptors (Lipinski definition) is 0. The van der Waals surface area contributed by atoms with Crippen LogP contribution in [-0.4, -0.2) is 63.3 Å². The molecule has 2 heteroatoms. The molecule has 0 rings (SSSR count). The van der Waals surface area contributed by atoms with Gasteiger partial charge in [0.1, 0.15) is 12.1 Å². The molecule has 0 fully saturated rings. The van der Waals surface area contributed by atoms with Crippen molar-refractivity contribution in [1.29, 1.82) is 0 Å². The highest BCUT2D eigenvalue weighted by Gasteiger charge is 2.33. The quantitative estimate of drug-likeness (QED) is 0.564. The van der Waals surface area contributed by atoms with Crippen LogP contribution in [0.5, 0.6) is 0 Å². The van der Waals surface area contributed by atoms with E-state index in [0.29, 0.717) is 12.1 Å². The summed E-state index contributed by atoms with van der Waals surface area (Å²) in [7, 11) is 13.6. The number of quaternary nitrogens is 2. The minimum absolute atomic E-state index is 0.685. The van der Waals surface area contributed by atoms with Crippen molar-refractivity contribution >= 4 is 0 Å². The summed E-state index contributed by atoms with van der Waals surface area (Å²) in [4.78, 5) is 0. The molecule has 0 heterocycles. The predicted octanol–water partition coefficient (Wildman–Crippen LogP) is 1.18. The Hall–Kier alpha value is -0.0800. The molecule has 12 heavy (non-hydrogen) atoms. The Labute approximate surface area is 78.0 Å². The molecule has 0 radical (unpaired) electrons. The van der Waals surface area contributed by atoms with Crippen LogP contribution in [0.4, 0.5) is 0 Å². The van der Waals surface area contributed by atoms with Crippen molar-refractivity contribution in [2.45, 2.75) is 25.9 Å². The molecule has 74 valence electrons. The van der Waals surface area contributed by atoms with Crippen LogP contribution in [0.3, 0.4) is 0 Å². The summed E-state index contributed by atoms with van der Waals surface area (Å²) in [5.74, 6) is 0. The summed E-state index contributed by atoms with van der Waals surface area (Å²) in [5, 5.41) is 0. The molecule has 0 saturated heterocycles. The minimum Gasteiger partial charge on any atom is -0.324 e. The molecule has 0 saturated carbocycles. The largest absolute Gasteiger partial charge is 0.324 e. The van der Waals surface area contributed by atoms with Crippen molar-refractivity contribution in [3.05, 3.63) is 0 Å². The van der Waals surface area contributed by atoms with Crippen LogP contribution < -0.4 is 0 Å². The molecule has 0 amide bonds. The van der Waals surface area contributed by atoms with Crippen molar-refractivity contribution < 1.29 is 8.97 Å². The molecule has 0 aromatic carbocycles. The summed E-state index contributed by atoms with van der Waals surface area (Å²) < 4.78 is 2.08. The van der Waals surface area contributed by atoms with Gasteiger partial charge in [-0.15, -0.1) is 0 Å². The van der Waals surface area contributed by atoms with Crippen LogP contribution in [0.25, 0.3) is 0 Å².